The predicted octanol–water partition coefficient (Wildman–Crippen LogP) is 3.77. The topological polar surface area (TPSA) is 71.4 Å². The second kappa shape index (κ2) is 9.22. The number of nitrogens with one attached hydrogen (secondary N) is 1. The van der Waals surface area contributed by atoms with Crippen molar-refractivity contribution in [3.8, 4) is 0 Å². The van der Waals surface area contributed by atoms with Gasteiger partial charge in [-0.25, -0.2) is 0 Å². The summed E-state index contributed by atoms with van der Waals surface area (Å²) in [6.45, 7) is 6.26. The lowest BCUT2D eigenvalue weighted by Gasteiger charge is -2.21. The van der Waals surface area contributed by atoms with Crippen molar-refractivity contribution < 1.29 is 9.59 Å². The molecule has 0 unspecified atom stereocenters. The van der Waals surface area contributed by atoms with Gasteiger partial charge >= 0.3 is 0 Å². The van der Waals surface area contributed by atoms with Crippen molar-refractivity contribution in [2.75, 3.05) is 16.8 Å². The van der Waals surface area contributed by atoms with Crippen LogP contribution in [0.5, 0.6) is 0 Å². The molecule has 0 saturated carbocycles. The summed E-state index contributed by atoms with van der Waals surface area (Å²) in [5.41, 5.74) is 3.71. The third-order valence-corrected chi connectivity index (χ3v) is 4.74. The molecule has 30 heavy (non-hydrogen) atoms. The average Bonchev–Trinajstić information content (AvgIpc) is 2.72. The Kier molecular flexibility index (Phi) is 6.47. The fourth-order valence-electron chi connectivity index (χ4n) is 3.22. The SMILES string of the molecule is CCN(C(=O)c1ccc(NC(=O)Cn2cc(C)ccc2=O)cc1)c1cccc(C)c1. The normalized spacial score (nSPS) is 10.5. The van der Waals surface area contributed by atoms with Crippen molar-refractivity contribution in [3.63, 3.8) is 0 Å². The van der Waals surface area contributed by atoms with Gasteiger partial charge in [-0.15, -0.1) is 0 Å². The van der Waals surface area contributed by atoms with Crippen LogP contribution in [0, 0.1) is 13.8 Å². The van der Waals surface area contributed by atoms with Crippen molar-refractivity contribution in [3.05, 3.63) is 93.9 Å². The minimum atomic E-state index is -0.309. The molecule has 1 N–H and O–H groups in total. The summed E-state index contributed by atoms with van der Waals surface area (Å²) in [6, 6.07) is 17.7. The first-order valence-corrected chi connectivity index (χ1v) is 9.83. The number of benzene rings is 2. The van der Waals surface area contributed by atoms with Crippen molar-refractivity contribution in [2.45, 2.75) is 27.3 Å². The van der Waals surface area contributed by atoms with Gasteiger partial charge in [-0.3, -0.25) is 14.4 Å². The smallest absolute Gasteiger partial charge is 0.258 e. The van der Waals surface area contributed by atoms with E-state index < -0.39 is 0 Å². The predicted molar refractivity (Wildman–Crippen MR) is 119 cm³/mol. The number of pyridine rings is 1. The molecule has 0 spiro atoms. The van der Waals surface area contributed by atoms with E-state index in [0.717, 1.165) is 16.8 Å². The van der Waals surface area contributed by atoms with E-state index in [1.54, 1.807) is 41.4 Å². The van der Waals surface area contributed by atoms with Gasteiger partial charge in [0.1, 0.15) is 6.54 Å². The Morgan fingerprint density at radius 2 is 1.70 bits per heavy atom. The zero-order valence-corrected chi connectivity index (χ0v) is 17.4. The third-order valence-electron chi connectivity index (χ3n) is 4.74. The lowest BCUT2D eigenvalue weighted by atomic mass is 10.1. The molecule has 6 heteroatoms. The highest BCUT2D eigenvalue weighted by Gasteiger charge is 2.16. The Hall–Kier alpha value is -3.67. The van der Waals surface area contributed by atoms with E-state index in [-0.39, 0.29) is 23.9 Å². The molecule has 0 saturated heterocycles. The van der Waals surface area contributed by atoms with Gasteiger partial charge in [0, 0.05) is 35.7 Å². The van der Waals surface area contributed by atoms with Crippen LogP contribution < -0.4 is 15.8 Å². The largest absolute Gasteiger partial charge is 0.325 e. The minimum absolute atomic E-state index is 0.0713. The van der Waals surface area contributed by atoms with Gasteiger partial charge in [-0.1, -0.05) is 18.2 Å². The summed E-state index contributed by atoms with van der Waals surface area (Å²) in [7, 11) is 0. The Labute approximate surface area is 175 Å². The van der Waals surface area contributed by atoms with Gasteiger partial charge in [0.15, 0.2) is 0 Å². The fourth-order valence-corrected chi connectivity index (χ4v) is 3.22. The number of rotatable bonds is 6. The molecule has 0 bridgehead atoms. The van der Waals surface area contributed by atoms with Gasteiger partial charge in [0.25, 0.3) is 11.5 Å². The lowest BCUT2D eigenvalue weighted by Crippen LogP contribution is -2.30. The number of carbonyl (C=O) groups excluding carboxylic acids is 2. The standard InChI is InChI=1S/C24H25N3O3/c1-4-27(21-7-5-6-17(2)14-21)24(30)19-9-11-20(12-10-19)25-22(28)16-26-15-18(3)8-13-23(26)29/h5-15H,4,16H2,1-3H3,(H,25,28). The molecular weight excluding hydrogens is 378 g/mol. The minimum Gasteiger partial charge on any atom is -0.325 e. The van der Waals surface area contributed by atoms with Gasteiger partial charge < -0.3 is 14.8 Å². The lowest BCUT2D eigenvalue weighted by molar-refractivity contribution is -0.116. The molecule has 0 atom stereocenters. The molecule has 0 aliphatic heterocycles. The average molecular weight is 403 g/mol. The van der Waals surface area contributed by atoms with Crippen LogP contribution >= 0.6 is 0 Å². The molecule has 0 fully saturated rings. The molecular formula is C24H25N3O3. The number of aromatic nitrogens is 1. The number of nitrogens with zero attached hydrogens (tertiary/aromatic N) is 2. The molecule has 1 heterocycles. The third kappa shape index (κ3) is 5.03. The van der Waals surface area contributed by atoms with Crippen LogP contribution in [0.4, 0.5) is 11.4 Å². The van der Waals surface area contributed by atoms with Gasteiger partial charge in [0.05, 0.1) is 0 Å². The molecule has 3 rings (SSSR count). The maximum absolute atomic E-state index is 12.9. The van der Waals surface area contributed by atoms with E-state index in [1.165, 1.54) is 10.6 Å². The van der Waals surface area contributed by atoms with E-state index in [9.17, 15) is 14.4 Å². The molecule has 2 aromatic carbocycles. The number of aryl methyl sites for hydroxylation is 2. The van der Waals surface area contributed by atoms with Gasteiger partial charge in [0.2, 0.25) is 5.91 Å². The van der Waals surface area contributed by atoms with Gasteiger partial charge in [-0.2, -0.15) is 0 Å². The van der Waals surface area contributed by atoms with Crippen LogP contribution in [0.25, 0.3) is 0 Å². The van der Waals surface area contributed by atoms with Crippen molar-refractivity contribution >= 4 is 23.2 Å². The number of hydrogen-bond donors (Lipinski definition) is 1. The highest BCUT2D eigenvalue weighted by Crippen LogP contribution is 2.19. The van der Waals surface area contributed by atoms with Crippen LogP contribution in [-0.2, 0) is 11.3 Å². The first-order chi connectivity index (χ1) is 14.4. The zero-order valence-electron chi connectivity index (χ0n) is 17.4. The molecule has 0 aliphatic carbocycles. The number of amides is 2. The first kappa shape index (κ1) is 21.0. The maximum atomic E-state index is 12.9. The molecule has 1 aromatic heterocycles. The monoisotopic (exact) mass is 403 g/mol. The molecule has 2 amide bonds. The summed E-state index contributed by atoms with van der Waals surface area (Å²) in [5.74, 6) is -0.413. The van der Waals surface area contributed by atoms with Gasteiger partial charge in [-0.05, 0) is 68.3 Å². The Bertz CT molecular complexity index is 1120. The van der Waals surface area contributed by atoms with E-state index in [1.807, 2.05) is 45.0 Å². The van der Waals surface area contributed by atoms with Crippen molar-refractivity contribution in [1.82, 2.24) is 4.57 Å². The van der Waals surface area contributed by atoms with E-state index in [2.05, 4.69) is 5.32 Å². The second-order valence-corrected chi connectivity index (χ2v) is 7.19. The Balaban J connectivity index is 1.69. The van der Waals surface area contributed by atoms with Crippen LogP contribution in [0.3, 0.4) is 0 Å². The van der Waals surface area contributed by atoms with E-state index >= 15 is 0 Å². The van der Waals surface area contributed by atoms with E-state index in [4.69, 9.17) is 0 Å². The maximum Gasteiger partial charge on any atom is 0.258 e. The number of carbonyl (C=O) groups is 2. The Morgan fingerprint density at radius 3 is 2.37 bits per heavy atom. The molecule has 3 aromatic rings. The summed E-state index contributed by atoms with van der Waals surface area (Å²) in [4.78, 5) is 38.8. The summed E-state index contributed by atoms with van der Waals surface area (Å²) in [6.07, 6.45) is 1.65. The van der Waals surface area contributed by atoms with Crippen LogP contribution in [0.2, 0.25) is 0 Å². The highest BCUT2D eigenvalue weighted by molar-refractivity contribution is 6.06. The van der Waals surface area contributed by atoms with Crippen LogP contribution in [-0.4, -0.2) is 22.9 Å². The van der Waals surface area contributed by atoms with E-state index in [0.29, 0.717) is 17.8 Å². The molecule has 6 nitrogen and oxygen atoms in total. The highest BCUT2D eigenvalue weighted by atomic mass is 16.2. The number of anilines is 2. The summed E-state index contributed by atoms with van der Waals surface area (Å²) < 4.78 is 1.36. The summed E-state index contributed by atoms with van der Waals surface area (Å²) in [5, 5.41) is 2.76. The molecule has 0 radical (unpaired) electrons. The second-order valence-electron chi connectivity index (χ2n) is 7.19. The molecule has 0 aliphatic rings. The fraction of sp³-hybridized carbons (Fsp3) is 0.208. The first-order valence-electron chi connectivity index (χ1n) is 9.83. The molecule has 154 valence electrons. The van der Waals surface area contributed by atoms with Crippen LogP contribution in [0.15, 0.2) is 71.7 Å². The Morgan fingerprint density at radius 1 is 0.967 bits per heavy atom. The zero-order chi connectivity index (χ0) is 21.7. The van der Waals surface area contributed by atoms with Crippen molar-refractivity contribution in [2.24, 2.45) is 0 Å². The quantitative estimate of drug-likeness (QED) is 0.681. The number of hydrogen-bond acceptors (Lipinski definition) is 3. The van der Waals surface area contributed by atoms with Crippen molar-refractivity contribution in [1.29, 1.82) is 0 Å². The van der Waals surface area contributed by atoms with Crippen LogP contribution in [0.1, 0.15) is 28.4 Å². The summed E-state index contributed by atoms with van der Waals surface area (Å²) >= 11 is 0.